The van der Waals surface area contributed by atoms with Crippen molar-refractivity contribution in [2.24, 2.45) is 0 Å². The van der Waals surface area contributed by atoms with E-state index in [1.54, 1.807) is 0 Å². The van der Waals surface area contributed by atoms with Gasteiger partial charge in [-0.15, -0.1) is 0 Å². The number of hydrogen-bond acceptors (Lipinski definition) is 8. The maximum Gasteiger partial charge on any atom is 0.397 e. The number of benzene rings is 1. The summed E-state index contributed by atoms with van der Waals surface area (Å²) >= 11 is 0. The smallest absolute Gasteiger partial charge is 0.272 e. The summed E-state index contributed by atoms with van der Waals surface area (Å²) in [6.07, 6.45) is 0. The topological polar surface area (TPSA) is 217 Å². The molecule has 0 saturated carbocycles. The second-order valence-corrected chi connectivity index (χ2v) is 11.3. The molecule has 0 aliphatic carbocycles. The summed E-state index contributed by atoms with van der Waals surface area (Å²) in [5, 5.41) is 0. The van der Waals surface area contributed by atoms with Gasteiger partial charge in [0.1, 0.15) is 0 Å². The van der Waals surface area contributed by atoms with Gasteiger partial charge in [-0.1, -0.05) is 36.4 Å². The van der Waals surface area contributed by atoms with Crippen molar-refractivity contribution in [3.63, 3.8) is 0 Å². The Morgan fingerprint density at radius 2 is 0.455 bits per heavy atom. The van der Waals surface area contributed by atoms with Gasteiger partial charge in [-0.05, 0) is 0 Å². The van der Waals surface area contributed by atoms with Gasteiger partial charge in [0.15, 0.2) is 0 Å². The van der Waals surface area contributed by atoms with Gasteiger partial charge in [0.2, 0.25) is 0 Å². The van der Waals surface area contributed by atoms with E-state index in [0.29, 0.717) is 0 Å². The fourth-order valence-electron chi connectivity index (χ4n) is 0.385. The first kappa shape index (κ1) is 23.1. The molecule has 0 aliphatic heterocycles. The molecule has 0 radical (unpaired) electrons. The van der Waals surface area contributed by atoms with Gasteiger partial charge in [-0.3, -0.25) is 18.2 Å². The highest BCUT2D eigenvalue weighted by molar-refractivity contribution is 8.62. The average Bonchev–Trinajstić information content (AvgIpc) is 2.27. The summed E-state index contributed by atoms with van der Waals surface area (Å²) < 4.78 is 105. The first-order chi connectivity index (χ1) is 9.50. The predicted octanol–water partition coefficient (Wildman–Crippen LogP) is -0.959. The van der Waals surface area contributed by atoms with Crippen molar-refractivity contribution < 1.29 is 51.9 Å². The summed E-state index contributed by atoms with van der Waals surface area (Å²) in [7, 11) is -21.2. The Bertz CT molecular complexity index is 700. The van der Waals surface area contributed by atoms with Crippen LogP contribution in [0.3, 0.4) is 0 Å². The van der Waals surface area contributed by atoms with E-state index in [4.69, 9.17) is 18.2 Å². The fourth-order valence-corrected chi connectivity index (χ4v) is 0.385. The Morgan fingerprint density at radius 3 is 0.500 bits per heavy atom. The van der Waals surface area contributed by atoms with Crippen LogP contribution in [0.2, 0.25) is 0 Å². The van der Waals surface area contributed by atoms with Crippen LogP contribution >= 0.6 is 0 Å². The van der Waals surface area contributed by atoms with Crippen molar-refractivity contribution in [2.45, 2.75) is 0 Å². The second-order valence-electron chi connectivity index (χ2n) is 2.87. The summed E-state index contributed by atoms with van der Waals surface area (Å²) in [6.45, 7) is 0. The molecule has 1 rings (SSSR count). The molecule has 4 N–H and O–H groups in total. The molecular weight excluding hydrogens is 392 g/mol. The Hall–Kier alpha value is -1.14. The summed E-state index contributed by atoms with van der Waals surface area (Å²) in [6, 6.07) is 12.0. The lowest BCUT2D eigenvalue weighted by Crippen LogP contribution is -2.11. The summed E-state index contributed by atoms with van der Waals surface area (Å²) in [5.41, 5.74) is 0. The van der Waals surface area contributed by atoms with E-state index >= 15 is 0 Å². The molecule has 1 aromatic carbocycles. The first-order valence-corrected chi connectivity index (χ1v) is 11.2. The normalized spacial score (nSPS) is 12.2. The molecule has 0 spiro atoms. The van der Waals surface area contributed by atoms with Gasteiger partial charge in [0, 0.05) is 0 Å². The largest absolute Gasteiger partial charge is 0.397 e. The molecule has 0 heterocycles. The summed E-state index contributed by atoms with van der Waals surface area (Å²) in [4.78, 5) is 0. The van der Waals surface area contributed by atoms with Crippen LogP contribution in [0.15, 0.2) is 36.4 Å². The Labute approximate surface area is 125 Å². The molecule has 22 heavy (non-hydrogen) atoms. The maximum absolute atomic E-state index is 9.37. The standard InChI is InChI=1S/C6H6.2H2O6S2/c1-2-4-6-5-3-1;2*1-7(2,3)8(4,5)6/h1-6H;2*(H,1,2,3)(H,4,5,6). The van der Waals surface area contributed by atoms with Gasteiger partial charge in [0.05, 0.1) is 0 Å². The lowest BCUT2D eigenvalue weighted by molar-refractivity contribution is 0.460. The average molecular weight is 402 g/mol. The van der Waals surface area contributed by atoms with E-state index in [1.165, 1.54) is 0 Å². The molecule has 0 aliphatic rings. The third-order valence-electron chi connectivity index (χ3n) is 1.20. The van der Waals surface area contributed by atoms with Crippen LogP contribution in [0.4, 0.5) is 0 Å². The monoisotopic (exact) mass is 402 g/mol. The lowest BCUT2D eigenvalue weighted by Gasteiger charge is -1.84. The minimum atomic E-state index is -5.31. The molecule has 0 unspecified atom stereocenters. The highest BCUT2D eigenvalue weighted by atomic mass is 33.2. The maximum atomic E-state index is 9.37. The van der Waals surface area contributed by atoms with E-state index < -0.39 is 36.6 Å². The van der Waals surface area contributed by atoms with E-state index in [2.05, 4.69) is 0 Å². The number of rotatable bonds is 2. The van der Waals surface area contributed by atoms with Gasteiger partial charge >= 0.3 is 36.6 Å². The zero-order chi connectivity index (χ0) is 18.2. The van der Waals surface area contributed by atoms with Crippen LogP contribution in [0.5, 0.6) is 0 Å². The van der Waals surface area contributed by atoms with Crippen LogP contribution in [0.25, 0.3) is 0 Å². The van der Waals surface area contributed by atoms with E-state index in [-0.39, 0.29) is 0 Å². The minimum Gasteiger partial charge on any atom is -0.272 e. The fraction of sp³-hybridized carbons (Fsp3) is 0. The third-order valence-corrected chi connectivity index (χ3v) is 5.46. The van der Waals surface area contributed by atoms with Crippen molar-refractivity contribution in [1.29, 1.82) is 0 Å². The molecule has 0 fully saturated rings. The third kappa shape index (κ3) is 11.5. The lowest BCUT2D eigenvalue weighted by atomic mass is 10.4. The Balaban J connectivity index is 0. The Kier molecular flexibility index (Phi) is 8.92. The molecule has 130 valence electrons. The van der Waals surface area contributed by atoms with Gasteiger partial charge < -0.3 is 0 Å². The van der Waals surface area contributed by atoms with Crippen molar-refractivity contribution in [3.8, 4) is 0 Å². The first-order valence-electron chi connectivity index (χ1n) is 4.40. The van der Waals surface area contributed by atoms with Crippen molar-refractivity contribution in [2.75, 3.05) is 0 Å². The Morgan fingerprint density at radius 1 is 0.364 bits per heavy atom. The van der Waals surface area contributed by atoms with Gasteiger partial charge in [-0.25, -0.2) is 0 Å². The van der Waals surface area contributed by atoms with Crippen LogP contribution in [-0.2, 0) is 36.6 Å². The highest BCUT2D eigenvalue weighted by Gasteiger charge is 2.22. The molecule has 0 saturated heterocycles. The molecule has 0 atom stereocenters. The zero-order valence-electron chi connectivity index (χ0n) is 10.2. The van der Waals surface area contributed by atoms with Crippen molar-refractivity contribution in [3.05, 3.63) is 36.4 Å². The van der Waals surface area contributed by atoms with Crippen molar-refractivity contribution >= 4 is 36.6 Å². The molecule has 0 amide bonds. The molecule has 1 aromatic rings. The van der Waals surface area contributed by atoms with Crippen LogP contribution in [0, 0.1) is 0 Å². The van der Waals surface area contributed by atoms with E-state index in [1.807, 2.05) is 36.4 Å². The van der Waals surface area contributed by atoms with Crippen LogP contribution in [0.1, 0.15) is 0 Å². The molecular formula is C6H10O12S4. The molecule has 16 heteroatoms. The molecule has 0 bridgehead atoms. The van der Waals surface area contributed by atoms with Crippen LogP contribution in [-0.4, -0.2) is 51.9 Å². The summed E-state index contributed by atoms with van der Waals surface area (Å²) in [5.74, 6) is 0. The molecule has 12 nitrogen and oxygen atoms in total. The number of hydrogen-bond donors (Lipinski definition) is 4. The highest BCUT2D eigenvalue weighted by Crippen LogP contribution is 1.91. The van der Waals surface area contributed by atoms with Crippen molar-refractivity contribution in [1.82, 2.24) is 0 Å². The predicted molar refractivity (Wildman–Crippen MR) is 72.6 cm³/mol. The molecule has 0 aromatic heterocycles. The quantitative estimate of drug-likeness (QED) is 0.347. The van der Waals surface area contributed by atoms with Gasteiger partial charge in [0.25, 0.3) is 0 Å². The minimum absolute atomic E-state index is 2.00. The van der Waals surface area contributed by atoms with Gasteiger partial charge in [-0.2, -0.15) is 33.7 Å². The van der Waals surface area contributed by atoms with E-state index in [9.17, 15) is 33.7 Å². The zero-order valence-corrected chi connectivity index (χ0v) is 13.4. The van der Waals surface area contributed by atoms with Crippen LogP contribution < -0.4 is 0 Å². The SMILES string of the molecule is O=S(=O)(O)S(=O)(=O)O.O=S(=O)(O)S(=O)(=O)O.c1ccccc1. The van der Waals surface area contributed by atoms with E-state index in [0.717, 1.165) is 0 Å². The second kappa shape index (κ2) is 8.48.